The van der Waals surface area contributed by atoms with Crippen LogP contribution < -0.4 is 15.2 Å². The second-order valence-corrected chi connectivity index (χ2v) is 8.31. The van der Waals surface area contributed by atoms with Crippen LogP contribution in [0, 0.1) is 0 Å². The highest BCUT2D eigenvalue weighted by Gasteiger charge is 2.32. The highest BCUT2D eigenvalue weighted by atomic mass is 19.4. The first-order valence-electron chi connectivity index (χ1n) is 11.3. The van der Waals surface area contributed by atoms with Gasteiger partial charge >= 0.3 is 6.36 Å². The average molecular weight is 494 g/mol. The molecule has 4 aromatic rings. The van der Waals surface area contributed by atoms with Crippen molar-refractivity contribution in [3.63, 3.8) is 0 Å². The molecule has 36 heavy (non-hydrogen) atoms. The van der Waals surface area contributed by atoms with Crippen LogP contribution in [0.3, 0.4) is 0 Å². The Labute approximate surface area is 203 Å². The van der Waals surface area contributed by atoms with Gasteiger partial charge in [0.2, 0.25) is 5.95 Å². The first kappa shape index (κ1) is 23.4. The van der Waals surface area contributed by atoms with E-state index in [2.05, 4.69) is 14.7 Å². The van der Waals surface area contributed by atoms with E-state index in [1.165, 1.54) is 18.2 Å². The molecule has 0 atom stereocenters. The molecule has 1 amide bonds. The van der Waals surface area contributed by atoms with Gasteiger partial charge in [-0.05, 0) is 35.9 Å². The van der Waals surface area contributed by atoms with Crippen LogP contribution >= 0.6 is 0 Å². The number of benzene rings is 3. The Bertz CT molecular complexity index is 1480. The number of hydrogen-bond acceptors (Lipinski definition) is 5. The molecule has 0 aliphatic carbocycles. The number of para-hydroxylation sites is 2. The maximum absolute atomic E-state index is 13.2. The zero-order chi connectivity index (χ0) is 25.3. The molecular formula is C26H21F3N4O3. The van der Waals surface area contributed by atoms with Crippen molar-refractivity contribution >= 4 is 22.8 Å². The summed E-state index contributed by atoms with van der Waals surface area (Å²) < 4.78 is 42.7. The molecule has 1 aliphatic heterocycles. The van der Waals surface area contributed by atoms with E-state index in [4.69, 9.17) is 0 Å². The molecule has 184 valence electrons. The van der Waals surface area contributed by atoms with Gasteiger partial charge in [-0.3, -0.25) is 14.6 Å². The van der Waals surface area contributed by atoms with Gasteiger partial charge in [0.25, 0.3) is 11.5 Å². The number of hydrogen-bond donors (Lipinski definition) is 1. The van der Waals surface area contributed by atoms with Gasteiger partial charge in [0, 0.05) is 37.3 Å². The second-order valence-electron chi connectivity index (χ2n) is 8.31. The van der Waals surface area contributed by atoms with Crippen molar-refractivity contribution < 1.29 is 22.7 Å². The van der Waals surface area contributed by atoms with Gasteiger partial charge in [-0.1, -0.05) is 42.5 Å². The molecule has 10 heteroatoms. The van der Waals surface area contributed by atoms with Crippen molar-refractivity contribution in [1.82, 2.24) is 14.9 Å². The average Bonchev–Trinajstić information content (AvgIpc) is 2.88. The molecule has 1 fully saturated rings. The topological polar surface area (TPSA) is 78.5 Å². The fourth-order valence-corrected chi connectivity index (χ4v) is 4.27. The summed E-state index contributed by atoms with van der Waals surface area (Å²) in [5.41, 5.74) is 1.42. The molecule has 0 radical (unpaired) electrons. The number of anilines is 1. The molecule has 0 spiro atoms. The van der Waals surface area contributed by atoms with E-state index in [0.717, 1.165) is 0 Å². The van der Waals surface area contributed by atoms with Crippen LogP contribution in [0.5, 0.6) is 5.75 Å². The number of aromatic nitrogens is 2. The minimum Gasteiger partial charge on any atom is -0.405 e. The molecule has 1 N–H and O–H groups in total. The van der Waals surface area contributed by atoms with Crippen LogP contribution in [-0.2, 0) is 0 Å². The van der Waals surface area contributed by atoms with Gasteiger partial charge < -0.3 is 14.5 Å². The Morgan fingerprint density at radius 1 is 0.917 bits per heavy atom. The number of ether oxygens (including phenoxy) is 1. The van der Waals surface area contributed by atoms with Crippen molar-refractivity contribution in [3.05, 3.63) is 88.7 Å². The summed E-state index contributed by atoms with van der Waals surface area (Å²) in [7, 11) is 0. The fourth-order valence-electron chi connectivity index (χ4n) is 4.27. The summed E-state index contributed by atoms with van der Waals surface area (Å²) in [5.74, 6) is -0.111. The minimum atomic E-state index is -4.83. The Hall–Kier alpha value is -4.34. The van der Waals surface area contributed by atoms with Crippen LogP contribution in [0.2, 0.25) is 0 Å². The van der Waals surface area contributed by atoms with Crippen molar-refractivity contribution in [2.75, 3.05) is 31.1 Å². The van der Waals surface area contributed by atoms with Crippen molar-refractivity contribution in [1.29, 1.82) is 0 Å². The van der Waals surface area contributed by atoms with Gasteiger partial charge in [0.1, 0.15) is 5.75 Å². The van der Waals surface area contributed by atoms with E-state index >= 15 is 0 Å². The van der Waals surface area contributed by atoms with Gasteiger partial charge in [0.15, 0.2) is 0 Å². The molecule has 7 nitrogen and oxygen atoms in total. The van der Waals surface area contributed by atoms with Gasteiger partial charge in [-0.15, -0.1) is 13.2 Å². The second kappa shape index (κ2) is 9.37. The highest BCUT2D eigenvalue weighted by Crippen LogP contribution is 2.34. The molecule has 1 aliphatic rings. The maximum Gasteiger partial charge on any atom is 0.573 e. The number of carbonyl (C=O) groups is 1. The first-order chi connectivity index (χ1) is 17.3. The van der Waals surface area contributed by atoms with E-state index in [1.54, 1.807) is 53.4 Å². The summed E-state index contributed by atoms with van der Waals surface area (Å²) in [6, 6.07) is 19.4. The molecule has 1 saturated heterocycles. The van der Waals surface area contributed by atoms with Gasteiger partial charge in [-0.25, -0.2) is 4.98 Å². The molecule has 2 heterocycles. The lowest BCUT2D eigenvalue weighted by molar-refractivity contribution is -0.274. The number of fused-ring (bicyclic) bond motifs is 1. The quantitative estimate of drug-likeness (QED) is 0.454. The van der Waals surface area contributed by atoms with Gasteiger partial charge in [0.05, 0.1) is 10.9 Å². The standard InChI is InChI=1S/C26H21F3N4O3/c27-26(28,29)36-22-11-4-2-8-19(22)17-6-5-7-18(16-17)24(35)32-12-14-33(15-13-32)25-30-21-10-3-1-9-20(21)23(34)31-25/h1-11,16H,12-15H2,(H,30,31,34). The number of amides is 1. The van der Waals surface area contributed by atoms with E-state index in [9.17, 15) is 22.8 Å². The molecule has 0 unspecified atom stereocenters. The van der Waals surface area contributed by atoms with Crippen molar-refractivity contribution in [2.45, 2.75) is 6.36 Å². The SMILES string of the molecule is O=C(c1cccc(-c2ccccc2OC(F)(F)F)c1)N1CCN(c2nc3ccccc3c(=O)[nH]2)CC1. The minimum absolute atomic E-state index is 0.222. The van der Waals surface area contributed by atoms with Gasteiger partial charge in [-0.2, -0.15) is 0 Å². The van der Waals surface area contributed by atoms with Crippen LogP contribution in [0.25, 0.3) is 22.0 Å². The third-order valence-corrected chi connectivity index (χ3v) is 6.00. The number of alkyl halides is 3. The number of carbonyl (C=O) groups excluding carboxylic acids is 1. The van der Waals surface area contributed by atoms with Crippen LogP contribution in [0.1, 0.15) is 10.4 Å². The predicted molar refractivity (Wildman–Crippen MR) is 129 cm³/mol. The summed E-state index contributed by atoms with van der Waals surface area (Å²) >= 11 is 0. The first-order valence-corrected chi connectivity index (χ1v) is 11.3. The third kappa shape index (κ3) is 4.88. The number of halogens is 3. The number of nitrogens with one attached hydrogen (secondary N) is 1. The lowest BCUT2D eigenvalue weighted by atomic mass is 10.0. The lowest BCUT2D eigenvalue weighted by Gasteiger charge is -2.35. The van der Waals surface area contributed by atoms with Crippen molar-refractivity contribution in [2.24, 2.45) is 0 Å². The predicted octanol–water partition coefficient (Wildman–Crippen LogP) is 4.45. The summed E-state index contributed by atoms with van der Waals surface area (Å²) in [6.45, 7) is 1.73. The van der Waals surface area contributed by atoms with E-state index in [-0.39, 0.29) is 22.8 Å². The normalized spacial score (nSPS) is 14.2. The lowest BCUT2D eigenvalue weighted by Crippen LogP contribution is -2.49. The number of H-pyrrole nitrogens is 1. The Morgan fingerprint density at radius 3 is 2.42 bits per heavy atom. The van der Waals surface area contributed by atoms with Crippen LogP contribution in [-0.4, -0.2) is 53.3 Å². The zero-order valence-electron chi connectivity index (χ0n) is 19.0. The molecule has 0 bridgehead atoms. The smallest absolute Gasteiger partial charge is 0.405 e. The number of nitrogens with zero attached hydrogens (tertiary/aromatic N) is 3. The Kier molecular flexibility index (Phi) is 6.09. The fraction of sp³-hybridized carbons (Fsp3) is 0.192. The maximum atomic E-state index is 13.2. The van der Waals surface area contributed by atoms with E-state index in [1.807, 2.05) is 11.0 Å². The largest absolute Gasteiger partial charge is 0.573 e. The molecule has 0 saturated carbocycles. The van der Waals surface area contributed by atoms with Crippen molar-refractivity contribution in [3.8, 4) is 16.9 Å². The monoisotopic (exact) mass is 494 g/mol. The highest BCUT2D eigenvalue weighted by molar-refractivity contribution is 5.96. The summed E-state index contributed by atoms with van der Waals surface area (Å²) in [6.07, 6.45) is -4.83. The molecule has 3 aromatic carbocycles. The van der Waals surface area contributed by atoms with E-state index in [0.29, 0.717) is 54.2 Å². The van der Waals surface area contributed by atoms with Crippen LogP contribution in [0.15, 0.2) is 77.6 Å². The number of rotatable bonds is 4. The van der Waals surface area contributed by atoms with E-state index < -0.39 is 6.36 Å². The number of aromatic amines is 1. The summed E-state index contributed by atoms with van der Waals surface area (Å²) in [5, 5.41) is 0.511. The van der Waals surface area contributed by atoms with Crippen LogP contribution in [0.4, 0.5) is 19.1 Å². The molecular weight excluding hydrogens is 473 g/mol. The summed E-state index contributed by atoms with van der Waals surface area (Å²) in [4.78, 5) is 36.5. The zero-order valence-corrected chi connectivity index (χ0v) is 19.0. The Morgan fingerprint density at radius 2 is 1.64 bits per heavy atom. The third-order valence-electron chi connectivity index (χ3n) is 6.00. The Balaban J connectivity index is 1.32. The number of piperazine rings is 1. The molecule has 1 aromatic heterocycles. The molecule has 5 rings (SSSR count).